The van der Waals surface area contributed by atoms with Crippen LogP contribution in [0.25, 0.3) is 0 Å². The maximum absolute atomic E-state index is 10.8. The number of hydrogen-bond donors (Lipinski definition) is 0. The van der Waals surface area contributed by atoms with Gasteiger partial charge in [0.15, 0.2) is 0 Å². The summed E-state index contributed by atoms with van der Waals surface area (Å²) >= 11 is 0. The maximum atomic E-state index is 10.8. The van der Waals surface area contributed by atoms with Gasteiger partial charge in [-0.15, -0.1) is 0 Å². The number of carbonyl (C=O) groups excluding carboxylic acids is 2. The summed E-state index contributed by atoms with van der Waals surface area (Å²) in [6.45, 7) is 2.25. The van der Waals surface area contributed by atoms with E-state index in [0.29, 0.717) is 6.42 Å². The first kappa shape index (κ1) is 26.8. The number of carbonyl (C=O) groups is 2. The molecule has 0 aliphatic carbocycles. The van der Waals surface area contributed by atoms with Crippen LogP contribution in [0.4, 0.5) is 0 Å². The zero-order chi connectivity index (χ0) is 18.0. The van der Waals surface area contributed by atoms with Crippen LogP contribution in [0.15, 0.2) is 0 Å². The van der Waals surface area contributed by atoms with Gasteiger partial charge in [0.05, 0.1) is 0 Å². The van der Waals surface area contributed by atoms with Gasteiger partial charge in [-0.3, -0.25) is 0 Å². The van der Waals surface area contributed by atoms with Gasteiger partial charge in [-0.1, -0.05) is 96.8 Å². The van der Waals surface area contributed by atoms with Gasteiger partial charge >= 0.3 is 19.5 Å². The number of carboxylic acid groups (broad SMARTS) is 2. The Hall–Kier alpha value is -0.437. The van der Waals surface area contributed by atoms with Crippen LogP contribution in [0.1, 0.15) is 110 Å². The Labute approximate surface area is 166 Å². The molecular weight excluding hydrogens is 370 g/mol. The van der Waals surface area contributed by atoms with Crippen LogP contribution in [0, 0.1) is 5.92 Å². The summed E-state index contributed by atoms with van der Waals surface area (Å²) in [5.41, 5.74) is 0. The molecule has 0 N–H and O–H groups in total. The molecule has 0 saturated heterocycles. The fraction of sp³-hybridized carbons (Fsp3) is 0.900. The minimum absolute atomic E-state index is 0. The van der Waals surface area contributed by atoms with E-state index in [9.17, 15) is 19.8 Å². The first-order valence-electron chi connectivity index (χ1n) is 9.98. The van der Waals surface area contributed by atoms with Gasteiger partial charge in [0.25, 0.3) is 0 Å². The first-order chi connectivity index (χ1) is 11.6. The SMILES string of the molecule is CCCCCCCCCCCCCCCCC(CC(=O)[O-])C(=O)[O-].[Zn+2]. The van der Waals surface area contributed by atoms with E-state index >= 15 is 0 Å². The third kappa shape index (κ3) is 19.7. The quantitative estimate of drug-likeness (QED) is 0.258. The number of carboxylic acids is 2. The molecule has 0 spiro atoms. The molecule has 4 nitrogen and oxygen atoms in total. The van der Waals surface area contributed by atoms with Crippen LogP contribution in [0.5, 0.6) is 0 Å². The predicted octanol–water partition coefficient (Wildman–Crippen LogP) is 3.36. The molecule has 25 heavy (non-hydrogen) atoms. The topological polar surface area (TPSA) is 80.3 Å². The van der Waals surface area contributed by atoms with E-state index in [1.54, 1.807) is 0 Å². The van der Waals surface area contributed by atoms with Gasteiger partial charge in [0.2, 0.25) is 0 Å². The Morgan fingerprint density at radius 2 is 1.04 bits per heavy atom. The predicted molar refractivity (Wildman–Crippen MR) is 93.1 cm³/mol. The first-order valence-corrected chi connectivity index (χ1v) is 9.98. The van der Waals surface area contributed by atoms with Crippen LogP contribution in [-0.4, -0.2) is 11.9 Å². The molecule has 0 fully saturated rings. The summed E-state index contributed by atoms with van der Waals surface area (Å²) in [5, 5.41) is 21.3. The van der Waals surface area contributed by atoms with Crippen molar-refractivity contribution in [1.29, 1.82) is 0 Å². The van der Waals surface area contributed by atoms with Crippen molar-refractivity contribution in [3.63, 3.8) is 0 Å². The fourth-order valence-corrected chi connectivity index (χ4v) is 3.09. The van der Waals surface area contributed by atoms with E-state index in [-0.39, 0.29) is 19.5 Å². The third-order valence-electron chi connectivity index (χ3n) is 4.65. The molecule has 5 heteroatoms. The van der Waals surface area contributed by atoms with Gasteiger partial charge in [-0.25, -0.2) is 0 Å². The van der Waals surface area contributed by atoms with Crippen molar-refractivity contribution in [3.05, 3.63) is 0 Å². The van der Waals surface area contributed by atoms with Gasteiger partial charge in [0, 0.05) is 17.9 Å². The van der Waals surface area contributed by atoms with E-state index in [4.69, 9.17) is 0 Å². The van der Waals surface area contributed by atoms with Crippen molar-refractivity contribution in [2.45, 2.75) is 110 Å². The molecular formula is C20H36O4Zn. The summed E-state index contributed by atoms with van der Waals surface area (Å²) in [5.74, 6) is -3.48. The van der Waals surface area contributed by atoms with Crippen LogP contribution >= 0.6 is 0 Å². The summed E-state index contributed by atoms with van der Waals surface area (Å²) < 4.78 is 0. The average Bonchev–Trinajstić information content (AvgIpc) is 2.53. The van der Waals surface area contributed by atoms with E-state index < -0.39 is 24.3 Å². The van der Waals surface area contributed by atoms with Gasteiger partial charge in [0.1, 0.15) is 0 Å². The second-order valence-corrected chi connectivity index (χ2v) is 6.98. The van der Waals surface area contributed by atoms with Crippen molar-refractivity contribution in [1.82, 2.24) is 0 Å². The number of aliphatic carboxylic acids is 2. The molecule has 142 valence electrons. The van der Waals surface area contributed by atoms with E-state index in [0.717, 1.165) is 19.3 Å². The monoisotopic (exact) mass is 404 g/mol. The standard InChI is InChI=1S/C20H38O4.Zn/c1-2-3-4-5-6-7-8-9-10-11-12-13-14-15-16-18(20(23)24)17-19(21)22;/h18H,2-17H2,1H3,(H,21,22)(H,23,24);/q;+2/p-2. The number of unbranched alkanes of at least 4 members (excludes halogenated alkanes) is 13. The molecule has 0 rings (SSSR count). The second kappa shape index (κ2) is 19.9. The zero-order valence-electron chi connectivity index (χ0n) is 16.2. The van der Waals surface area contributed by atoms with Crippen molar-refractivity contribution in [3.8, 4) is 0 Å². The summed E-state index contributed by atoms with van der Waals surface area (Å²) in [6, 6.07) is 0. The smallest absolute Gasteiger partial charge is 0.550 e. The van der Waals surface area contributed by atoms with Crippen LogP contribution < -0.4 is 10.2 Å². The molecule has 1 atom stereocenters. The van der Waals surface area contributed by atoms with Crippen LogP contribution in [-0.2, 0) is 29.1 Å². The number of hydrogen-bond acceptors (Lipinski definition) is 4. The minimum Gasteiger partial charge on any atom is -0.550 e. The molecule has 0 aliphatic rings. The normalized spacial score (nSPS) is 11.7. The van der Waals surface area contributed by atoms with Gasteiger partial charge in [-0.2, -0.15) is 0 Å². The van der Waals surface area contributed by atoms with Gasteiger partial charge < -0.3 is 19.8 Å². The Morgan fingerprint density at radius 3 is 1.36 bits per heavy atom. The van der Waals surface area contributed by atoms with Crippen LogP contribution in [0.2, 0.25) is 0 Å². The van der Waals surface area contributed by atoms with E-state index in [1.165, 1.54) is 70.6 Å². The van der Waals surface area contributed by atoms with Crippen molar-refractivity contribution < 1.29 is 39.3 Å². The number of rotatable bonds is 18. The molecule has 0 bridgehead atoms. The minimum atomic E-state index is -1.31. The zero-order valence-corrected chi connectivity index (χ0v) is 19.2. The largest absolute Gasteiger partial charge is 2.00 e. The van der Waals surface area contributed by atoms with Gasteiger partial charge in [-0.05, 0) is 12.8 Å². The third-order valence-corrected chi connectivity index (χ3v) is 4.65. The Bertz CT molecular complexity index is 321. The van der Waals surface area contributed by atoms with Crippen molar-refractivity contribution >= 4 is 11.9 Å². The molecule has 0 radical (unpaired) electrons. The summed E-state index contributed by atoms with van der Waals surface area (Å²) in [4.78, 5) is 21.3. The Kier molecular flexibility index (Phi) is 21.3. The molecule has 0 aromatic rings. The average molecular weight is 406 g/mol. The molecule has 0 aromatic heterocycles. The molecule has 1 unspecified atom stereocenters. The van der Waals surface area contributed by atoms with E-state index in [2.05, 4.69) is 6.92 Å². The van der Waals surface area contributed by atoms with Crippen molar-refractivity contribution in [2.75, 3.05) is 0 Å². The Balaban J connectivity index is 0. The maximum Gasteiger partial charge on any atom is 2.00 e. The molecule has 0 aliphatic heterocycles. The molecule has 0 heterocycles. The van der Waals surface area contributed by atoms with E-state index in [1.807, 2.05) is 0 Å². The summed E-state index contributed by atoms with van der Waals surface area (Å²) in [6.07, 6.45) is 17.4. The molecule has 0 amide bonds. The molecule has 0 saturated carbocycles. The molecule has 0 aromatic carbocycles. The summed E-state index contributed by atoms with van der Waals surface area (Å²) in [7, 11) is 0. The second-order valence-electron chi connectivity index (χ2n) is 6.98. The fourth-order valence-electron chi connectivity index (χ4n) is 3.09. The van der Waals surface area contributed by atoms with Crippen molar-refractivity contribution in [2.24, 2.45) is 5.92 Å². The van der Waals surface area contributed by atoms with Crippen LogP contribution in [0.3, 0.4) is 0 Å². The Morgan fingerprint density at radius 1 is 0.680 bits per heavy atom.